The Morgan fingerprint density at radius 2 is 1.86 bits per heavy atom. The quantitative estimate of drug-likeness (QED) is 0.383. The molecule has 2 atom stereocenters. The van der Waals surface area contributed by atoms with Gasteiger partial charge in [-0.1, -0.05) is 29.8 Å². The van der Waals surface area contributed by atoms with Gasteiger partial charge in [0.1, 0.15) is 11.4 Å². The van der Waals surface area contributed by atoms with Crippen LogP contribution in [0.4, 0.5) is 18.0 Å². The van der Waals surface area contributed by atoms with Crippen molar-refractivity contribution in [3.8, 4) is 5.75 Å². The molecule has 0 radical (unpaired) electrons. The Morgan fingerprint density at radius 3 is 2.47 bits per heavy atom. The summed E-state index contributed by atoms with van der Waals surface area (Å²) in [6.07, 6.45) is -0.581. The van der Waals surface area contributed by atoms with Gasteiger partial charge in [-0.25, -0.2) is 4.79 Å². The van der Waals surface area contributed by atoms with E-state index in [1.165, 1.54) is 17.0 Å². The zero-order valence-corrected chi connectivity index (χ0v) is 21.5. The summed E-state index contributed by atoms with van der Waals surface area (Å²) in [6, 6.07) is 10.0. The lowest BCUT2D eigenvalue weighted by Gasteiger charge is -2.37. The van der Waals surface area contributed by atoms with Crippen LogP contribution in [0.15, 0.2) is 42.5 Å². The van der Waals surface area contributed by atoms with Crippen molar-refractivity contribution in [2.24, 2.45) is 0 Å². The Balaban J connectivity index is 1.87. The van der Waals surface area contributed by atoms with E-state index in [1.807, 2.05) is 0 Å². The zero-order valence-electron chi connectivity index (χ0n) is 19.9. The van der Waals surface area contributed by atoms with E-state index in [2.05, 4.69) is 4.18 Å². The van der Waals surface area contributed by atoms with E-state index in [4.69, 9.17) is 16.3 Å². The summed E-state index contributed by atoms with van der Waals surface area (Å²) in [7, 11) is -5.82. The van der Waals surface area contributed by atoms with Gasteiger partial charge in [0.2, 0.25) is 0 Å². The third-order valence-corrected chi connectivity index (χ3v) is 6.76. The highest BCUT2D eigenvalue weighted by atomic mass is 35.5. The van der Waals surface area contributed by atoms with Crippen molar-refractivity contribution in [3.05, 3.63) is 64.2 Å². The van der Waals surface area contributed by atoms with E-state index in [9.17, 15) is 31.5 Å². The van der Waals surface area contributed by atoms with Gasteiger partial charge in [0, 0.05) is 11.1 Å². The molecule has 0 heterocycles. The molecule has 0 unspecified atom stereocenters. The molecule has 3 rings (SSSR count). The molecule has 0 aromatic heterocycles. The summed E-state index contributed by atoms with van der Waals surface area (Å²) >= 11 is 6.03. The van der Waals surface area contributed by atoms with Crippen molar-refractivity contribution in [2.45, 2.75) is 63.3 Å². The smallest absolute Gasteiger partial charge is 0.444 e. The van der Waals surface area contributed by atoms with Crippen LogP contribution in [-0.4, -0.2) is 48.2 Å². The number of rotatable bonds is 6. The van der Waals surface area contributed by atoms with Crippen molar-refractivity contribution >= 4 is 27.8 Å². The van der Waals surface area contributed by atoms with E-state index >= 15 is 0 Å². The first kappa shape index (κ1) is 28.1. The molecule has 0 fully saturated rings. The number of fused-ring (bicyclic) bond motifs is 1. The van der Waals surface area contributed by atoms with Crippen LogP contribution in [0.3, 0.4) is 0 Å². The van der Waals surface area contributed by atoms with Crippen LogP contribution in [0.1, 0.15) is 50.0 Å². The van der Waals surface area contributed by atoms with Crippen molar-refractivity contribution < 1.29 is 40.4 Å². The SMILES string of the molecule is CC(C)(C)OC(=O)N(C[C@H](O)c1cccc(Cl)c1)[C@H]1CCc2ccc(OS(=O)(=O)C(F)(F)F)cc2C1. The van der Waals surface area contributed by atoms with E-state index in [-0.39, 0.29) is 13.0 Å². The number of alkyl halides is 3. The molecule has 12 heteroatoms. The Labute approximate surface area is 212 Å². The van der Waals surface area contributed by atoms with Gasteiger partial charge in [0.15, 0.2) is 0 Å². The fraction of sp³-hybridized carbons (Fsp3) is 0.458. The van der Waals surface area contributed by atoms with Crippen molar-refractivity contribution in [3.63, 3.8) is 0 Å². The molecule has 0 spiro atoms. The van der Waals surface area contributed by atoms with Crippen molar-refractivity contribution in [1.82, 2.24) is 4.90 Å². The summed E-state index contributed by atoms with van der Waals surface area (Å²) in [5.41, 5.74) is -4.54. The summed E-state index contributed by atoms with van der Waals surface area (Å²) < 4.78 is 70.8. The number of aliphatic hydroxyl groups is 1. The van der Waals surface area contributed by atoms with E-state index in [1.54, 1.807) is 45.0 Å². The lowest BCUT2D eigenvalue weighted by Crippen LogP contribution is -2.47. The van der Waals surface area contributed by atoms with Gasteiger partial charge >= 0.3 is 21.7 Å². The number of hydrogen-bond donors (Lipinski definition) is 1. The maximum atomic E-state index is 13.1. The second kappa shape index (κ2) is 10.5. The van der Waals surface area contributed by atoms with Gasteiger partial charge in [0.05, 0.1) is 12.6 Å². The fourth-order valence-corrected chi connectivity index (χ4v) is 4.56. The molecular weight excluding hydrogens is 523 g/mol. The second-order valence-corrected chi connectivity index (χ2v) is 11.5. The molecule has 0 saturated heterocycles. The molecule has 2 aromatic carbocycles. The summed E-state index contributed by atoms with van der Waals surface area (Å²) in [5.74, 6) is -0.477. The Kier molecular flexibility index (Phi) is 8.17. The Bertz CT molecular complexity index is 1210. The minimum absolute atomic E-state index is 0.117. The van der Waals surface area contributed by atoms with Crippen molar-refractivity contribution in [1.29, 1.82) is 0 Å². The predicted molar refractivity (Wildman–Crippen MR) is 127 cm³/mol. The molecule has 0 bridgehead atoms. The van der Waals surface area contributed by atoms with E-state index < -0.39 is 45.2 Å². The maximum absolute atomic E-state index is 13.1. The van der Waals surface area contributed by atoms with Crippen LogP contribution in [0.2, 0.25) is 5.02 Å². The molecule has 1 amide bonds. The molecular formula is C24H27ClF3NO6S. The highest BCUT2D eigenvalue weighted by molar-refractivity contribution is 7.88. The minimum Gasteiger partial charge on any atom is -0.444 e. The Morgan fingerprint density at radius 1 is 1.17 bits per heavy atom. The van der Waals surface area contributed by atoms with Gasteiger partial charge in [-0.2, -0.15) is 21.6 Å². The minimum atomic E-state index is -5.82. The number of halogens is 4. The average molecular weight is 550 g/mol. The first-order valence-electron chi connectivity index (χ1n) is 11.1. The molecule has 198 valence electrons. The van der Waals surface area contributed by atoms with Gasteiger partial charge in [-0.15, -0.1) is 0 Å². The largest absolute Gasteiger partial charge is 0.534 e. The summed E-state index contributed by atoms with van der Waals surface area (Å²) in [6.45, 7) is 5.00. The van der Waals surface area contributed by atoms with Gasteiger partial charge in [0.25, 0.3) is 0 Å². The number of aliphatic hydroxyl groups excluding tert-OH is 1. The molecule has 7 nitrogen and oxygen atoms in total. The Hall–Kier alpha value is -2.50. The fourth-order valence-electron chi connectivity index (χ4n) is 3.90. The predicted octanol–water partition coefficient (Wildman–Crippen LogP) is 5.40. The monoisotopic (exact) mass is 549 g/mol. The van der Waals surface area contributed by atoms with Crippen LogP contribution < -0.4 is 4.18 Å². The molecule has 1 aliphatic rings. The third-order valence-electron chi connectivity index (χ3n) is 5.54. The van der Waals surface area contributed by atoms with Gasteiger partial charge in [-0.05, 0) is 81.0 Å². The number of hydrogen-bond acceptors (Lipinski definition) is 6. The molecule has 0 saturated carbocycles. The van der Waals surface area contributed by atoms with E-state index in [0.717, 1.165) is 11.6 Å². The van der Waals surface area contributed by atoms with Crippen LogP contribution in [0.5, 0.6) is 5.75 Å². The maximum Gasteiger partial charge on any atom is 0.534 e. The molecule has 2 aromatic rings. The molecule has 1 aliphatic carbocycles. The number of aryl methyl sites for hydroxylation is 1. The molecule has 36 heavy (non-hydrogen) atoms. The van der Waals surface area contributed by atoms with Crippen LogP contribution >= 0.6 is 11.6 Å². The van der Waals surface area contributed by atoms with Gasteiger partial charge in [-0.3, -0.25) is 0 Å². The number of ether oxygens (including phenoxy) is 1. The highest BCUT2D eigenvalue weighted by Crippen LogP contribution is 2.32. The lowest BCUT2D eigenvalue weighted by atomic mass is 9.87. The van der Waals surface area contributed by atoms with Crippen LogP contribution in [0, 0.1) is 0 Å². The molecule has 1 N–H and O–H groups in total. The topological polar surface area (TPSA) is 93.1 Å². The van der Waals surface area contributed by atoms with Gasteiger partial charge < -0.3 is 18.9 Å². The van der Waals surface area contributed by atoms with E-state index in [0.29, 0.717) is 29.0 Å². The number of carbonyl (C=O) groups is 1. The third kappa shape index (κ3) is 7.04. The first-order valence-corrected chi connectivity index (χ1v) is 12.9. The summed E-state index contributed by atoms with van der Waals surface area (Å²) in [5, 5.41) is 11.3. The van der Waals surface area contributed by atoms with Crippen molar-refractivity contribution in [2.75, 3.05) is 6.54 Å². The normalized spacial score (nSPS) is 17.2. The number of nitrogens with zero attached hydrogens (tertiary/aromatic N) is 1. The van der Waals surface area contributed by atoms with Crippen LogP contribution in [-0.2, 0) is 27.7 Å². The standard InChI is InChI=1S/C24H27ClF3NO6S/c1-23(2,3)34-22(31)29(14-21(30)16-5-4-6-18(25)11-16)19-9-7-15-8-10-20(13-17(15)12-19)35-36(32,33)24(26,27)28/h4-6,8,10-11,13,19,21,30H,7,9,12,14H2,1-3H3/t19-,21-/m0/s1. The zero-order chi connectivity index (χ0) is 26.9. The first-order chi connectivity index (χ1) is 16.6. The highest BCUT2D eigenvalue weighted by Gasteiger charge is 2.48. The van der Waals surface area contributed by atoms with Crippen LogP contribution in [0.25, 0.3) is 0 Å². The lowest BCUT2D eigenvalue weighted by molar-refractivity contribution is -0.0500. The number of carbonyl (C=O) groups excluding carboxylic acids is 1. The number of benzene rings is 2. The molecule has 0 aliphatic heterocycles. The average Bonchev–Trinajstić information content (AvgIpc) is 2.74. The summed E-state index contributed by atoms with van der Waals surface area (Å²) in [4.78, 5) is 14.5. The number of amides is 1. The second-order valence-electron chi connectivity index (χ2n) is 9.51.